The van der Waals surface area contributed by atoms with Crippen LogP contribution in [0.15, 0.2) is 177 Å². The number of unbranched alkanes of at least 4 members (excludes halogenated alkanes) is 1. The Morgan fingerprint density at radius 2 is 1.02 bits per heavy atom. The van der Waals surface area contributed by atoms with E-state index in [9.17, 15) is 45.5 Å². The van der Waals surface area contributed by atoms with E-state index in [0.29, 0.717) is 105 Å². The summed E-state index contributed by atoms with van der Waals surface area (Å²) in [7, 11) is 0. The molecule has 0 spiro atoms. The van der Waals surface area contributed by atoms with E-state index in [2.05, 4.69) is 165 Å². The number of anilines is 9. The van der Waals surface area contributed by atoms with Crippen molar-refractivity contribution in [2.45, 2.75) is 83.0 Å². The van der Waals surface area contributed by atoms with E-state index >= 15 is 0 Å². The summed E-state index contributed by atoms with van der Waals surface area (Å²) in [6, 6.07) is 41.3. The molecule has 0 bridgehead atoms. The average molecular weight is 1740 g/mol. The molecule has 13 aromatic heterocycles. The van der Waals surface area contributed by atoms with Crippen molar-refractivity contribution < 1.29 is 26.3 Å². The molecule has 6 aromatic carbocycles. The monoisotopic (exact) mass is 1740 g/mol. The number of benzene rings is 6. The minimum atomic E-state index is -4.71. The van der Waals surface area contributed by atoms with Crippen LogP contribution in [-0.4, -0.2) is 161 Å². The van der Waals surface area contributed by atoms with Crippen molar-refractivity contribution in [3.8, 4) is 56.8 Å². The summed E-state index contributed by atoms with van der Waals surface area (Å²) < 4.78 is 83.8. The van der Waals surface area contributed by atoms with E-state index in [-0.39, 0.29) is 67.5 Å². The van der Waals surface area contributed by atoms with E-state index in [1.54, 1.807) is 42.2 Å². The molecule has 0 unspecified atom stereocenters. The van der Waals surface area contributed by atoms with Gasteiger partial charge in [0.25, 0.3) is 22.2 Å². The molecule has 3 aliphatic rings. The SMILES string of the molecule is CCCCc1cc(Nc2nc(-c3ccc4[nH][nH]c(=O)c4c3)nc(C3CC3)n2)n[nH]1.Cc1cc(Nc2cc(-c3cc4c(=O)[nH][nH]c4cc3C(F)(F)F)nc3cnccc23)n[nH]1.O=c1[nH][nH]c2cc(C(F)(F)F)c(-c3nc(Nc4n[nH]c5ccccc45)nc(N4CCSCC4)n3)cc12.O=c1[nH][nH]c2ccc(-c3nc(Nc4cc(C5CC5)[nH]n4)nc(-c4ccccc4)n3)cc12. The van der Waals surface area contributed by atoms with Gasteiger partial charge in [0.05, 0.1) is 83.4 Å². The summed E-state index contributed by atoms with van der Waals surface area (Å²) >= 11 is 1.78. The second-order valence-corrected chi connectivity index (χ2v) is 31.5. The molecule has 0 atom stereocenters. The predicted molar refractivity (Wildman–Crippen MR) is 468 cm³/mol. The number of aromatic nitrogens is 27. The van der Waals surface area contributed by atoms with Crippen LogP contribution in [0.25, 0.3) is 122 Å². The van der Waals surface area contributed by atoms with Crippen molar-refractivity contribution in [2.24, 2.45) is 0 Å². The number of pyridine rings is 2. The maximum Gasteiger partial charge on any atom is 0.417 e. The Kier molecular flexibility index (Phi) is 21.4. The normalized spacial score (nSPS) is 13.5. The number of nitrogens with one attached hydrogen (secondary N) is 16. The Hall–Kier alpha value is -16.0. The third-order valence-electron chi connectivity index (χ3n) is 21.2. The highest BCUT2D eigenvalue weighted by atomic mass is 32.2. The zero-order valence-corrected chi connectivity index (χ0v) is 67.7. The molecule has 0 amide bonds. The second-order valence-electron chi connectivity index (χ2n) is 30.3. The first-order valence-electron chi connectivity index (χ1n) is 40.2. The zero-order valence-electron chi connectivity index (χ0n) is 66.9. The molecule has 16 N–H and O–H groups in total. The largest absolute Gasteiger partial charge is 0.417 e. The maximum atomic E-state index is 14.1. The Morgan fingerprint density at radius 3 is 1.66 bits per heavy atom. The fourth-order valence-corrected chi connectivity index (χ4v) is 15.4. The van der Waals surface area contributed by atoms with Gasteiger partial charge in [0.15, 0.2) is 46.6 Å². The topological polar surface area (TPSA) is 502 Å². The van der Waals surface area contributed by atoms with Crippen LogP contribution in [0.4, 0.5) is 79.1 Å². The van der Waals surface area contributed by atoms with Gasteiger partial charge in [0.1, 0.15) is 5.82 Å². The summed E-state index contributed by atoms with van der Waals surface area (Å²) in [6.45, 7) is 5.28. The lowest BCUT2D eigenvalue weighted by Gasteiger charge is -2.26. The first-order chi connectivity index (χ1) is 61.6. The van der Waals surface area contributed by atoms with E-state index in [0.717, 1.165) is 123 Å². The quantitative estimate of drug-likeness (QED) is 0.0334. The van der Waals surface area contributed by atoms with E-state index < -0.39 is 34.6 Å². The lowest BCUT2D eigenvalue weighted by Crippen LogP contribution is -2.34. The highest BCUT2D eigenvalue weighted by Gasteiger charge is 2.38. The highest BCUT2D eigenvalue weighted by Crippen LogP contribution is 2.44. The lowest BCUT2D eigenvalue weighted by atomic mass is 10.00. The van der Waals surface area contributed by atoms with E-state index in [1.165, 1.54) is 31.2 Å². The van der Waals surface area contributed by atoms with Crippen LogP contribution in [0, 0.1) is 6.92 Å². The fraction of sp³-hybridized carbons (Fsp3) is 0.202. The van der Waals surface area contributed by atoms with Gasteiger partial charge < -0.3 is 26.2 Å². The van der Waals surface area contributed by atoms with Crippen LogP contribution in [0.1, 0.15) is 91.3 Å². The minimum Gasteiger partial charge on any atom is -0.339 e. The number of fused-ring (bicyclic) bond motifs is 6. The Labute approximate surface area is 713 Å². The van der Waals surface area contributed by atoms with E-state index in [1.807, 2.05) is 103 Å². The summed E-state index contributed by atoms with van der Waals surface area (Å²) in [4.78, 5) is 99.5. The molecule has 2 saturated carbocycles. The standard InChI is InChI=1S/C22H18F3N9OS.C22H18N8O.C20H14F3N7O.C20H22N8O/c23-22(24,25)14-10-16-13(19(35)33-31-16)9-12(14)17-26-20(29-21(28-17)34-5-7-36-8-6-34)27-18-11-3-1-2-4-15(11)30-32-18;31-21-15-10-14(8-9-16(15)27-30-21)20-24-19(13-4-2-1-3-5-13)25-22(26-20)23-18-11-17(28-29-18)12-6-7-12;1-9-4-18(29-27-9)26-14-7-15(25-17-8-24-3-2-10(14)17)11-5-12-16(28-30-19(12)31)6-13(11)20(21,22)23;1-2-3-4-13-10-16(27-25-13)21-20-23-17(11-5-6-11)22-18(24-20)12-7-8-15-14(9-12)19(29)28-26-15/h1-4,9-10H,5-8H2,(H2,31,33,35)(H2,26,27,28,29,30,32);1-5,8-12H,6-7H2,(H2,27,30,31)(H2,23,24,25,26,28,29);2-8H,1H3,(H2,28,30,31)(H2,25,26,27,29);7-11H,2-6H2,1H3,(H2,26,28,29)(H2,21,22,23,24,25,27). The Morgan fingerprint density at radius 1 is 0.449 bits per heavy atom. The number of H-pyrrole nitrogens is 12. The summed E-state index contributed by atoms with van der Waals surface area (Å²) in [5.74, 6) is 8.19. The number of aryl methyl sites for hydroxylation is 2. The molecule has 43 heteroatoms. The molecule has 0 radical (unpaired) electrons. The van der Waals surface area contributed by atoms with Gasteiger partial charge in [-0.25, -0.2) is 15.0 Å². The predicted octanol–water partition coefficient (Wildman–Crippen LogP) is 15.3. The first kappa shape index (κ1) is 80.7. The highest BCUT2D eigenvalue weighted by molar-refractivity contribution is 7.99. The lowest BCUT2D eigenvalue weighted by molar-refractivity contribution is -0.137. The van der Waals surface area contributed by atoms with Gasteiger partial charge in [-0.1, -0.05) is 55.8 Å². The van der Waals surface area contributed by atoms with Gasteiger partial charge in [-0.2, -0.15) is 93.4 Å². The van der Waals surface area contributed by atoms with Crippen LogP contribution in [-0.2, 0) is 18.8 Å². The summed E-state index contributed by atoms with van der Waals surface area (Å²) in [5.41, 5.74) is 4.91. The van der Waals surface area contributed by atoms with Crippen molar-refractivity contribution in [3.63, 3.8) is 0 Å². The third-order valence-corrected chi connectivity index (χ3v) is 22.1. The average Bonchev–Trinajstić information content (AvgIpc) is 1.74. The van der Waals surface area contributed by atoms with Crippen LogP contribution >= 0.6 is 11.8 Å². The number of hydrogen-bond donors (Lipinski definition) is 16. The number of nitrogens with zero attached hydrogens (tertiary/aromatic N) is 16. The molecule has 3 fully saturated rings. The van der Waals surface area contributed by atoms with Crippen molar-refractivity contribution in [2.75, 3.05) is 50.8 Å². The van der Waals surface area contributed by atoms with Crippen molar-refractivity contribution in [1.82, 2.24) is 136 Å². The Balaban J connectivity index is 0.000000111. The summed E-state index contributed by atoms with van der Waals surface area (Å²) in [5, 5.41) is 64.6. The van der Waals surface area contributed by atoms with Gasteiger partial charge in [0, 0.05) is 116 Å². The van der Waals surface area contributed by atoms with Crippen LogP contribution < -0.4 is 48.4 Å². The second kappa shape index (κ2) is 33.7. The van der Waals surface area contributed by atoms with Crippen LogP contribution in [0.3, 0.4) is 0 Å². The number of thioether (sulfide) groups is 1. The number of rotatable bonds is 19. The van der Waals surface area contributed by atoms with Gasteiger partial charge in [-0.15, -0.1) is 0 Å². The zero-order chi connectivity index (χ0) is 87.2. The molecule has 2 aliphatic carbocycles. The first-order valence-corrected chi connectivity index (χ1v) is 41.3. The number of aromatic amines is 12. The molecule has 22 rings (SSSR count). The molecule has 640 valence electrons. The Bertz CT molecular complexity index is 7570. The molecule has 19 aromatic rings. The van der Waals surface area contributed by atoms with Crippen molar-refractivity contribution >= 4 is 130 Å². The van der Waals surface area contributed by atoms with E-state index in [4.69, 9.17) is 0 Å². The summed E-state index contributed by atoms with van der Waals surface area (Å²) in [6.07, 6.45) is 1.44. The smallest absolute Gasteiger partial charge is 0.339 e. The van der Waals surface area contributed by atoms with Gasteiger partial charge in [-0.3, -0.25) is 85.3 Å². The van der Waals surface area contributed by atoms with Crippen LogP contribution in [0.5, 0.6) is 0 Å². The van der Waals surface area contributed by atoms with Crippen LogP contribution in [0.2, 0.25) is 0 Å². The molecule has 127 heavy (non-hydrogen) atoms. The number of halogens is 6. The number of para-hydroxylation sites is 1. The molecule has 36 nitrogen and oxygen atoms in total. The number of hydrogen-bond acceptors (Lipinski definition) is 25. The minimum absolute atomic E-state index is 0.0414. The molecular weight excluding hydrogens is 1670 g/mol. The van der Waals surface area contributed by atoms with Gasteiger partial charge in [-0.05, 0) is 130 Å². The van der Waals surface area contributed by atoms with Crippen molar-refractivity contribution in [1.29, 1.82) is 0 Å². The number of alkyl halides is 6. The van der Waals surface area contributed by atoms with Gasteiger partial charge in [0.2, 0.25) is 23.8 Å². The van der Waals surface area contributed by atoms with Crippen molar-refractivity contribution in [3.05, 3.63) is 233 Å². The molecular formula is C84H72F6N32O4S. The maximum absolute atomic E-state index is 14.1. The third kappa shape index (κ3) is 17.6. The van der Waals surface area contributed by atoms with Gasteiger partial charge >= 0.3 is 12.4 Å². The molecule has 1 aliphatic heterocycles. The molecule has 1 saturated heterocycles. The fourth-order valence-electron chi connectivity index (χ4n) is 14.5. The molecule has 14 heterocycles.